The second-order valence-corrected chi connectivity index (χ2v) is 9.06. The predicted octanol–water partition coefficient (Wildman–Crippen LogP) is 6.04. The molecule has 8 heteroatoms. The van der Waals surface area contributed by atoms with Crippen molar-refractivity contribution in [3.05, 3.63) is 92.2 Å². The van der Waals surface area contributed by atoms with Gasteiger partial charge in [0.15, 0.2) is 5.16 Å². The summed E-state index contributed by atoms with van der Waals surface area (Å²) in [6.07, 6.45) is 0. The van der Waals surface area contributed by atoms with Gasteiger partial charge in [0.2, 0.25) is 5.91 Å². The van der Waals surface area contributed by atoms with Crippen molar-refractivity contribution >= 4 is 57.5 Å². The molecule has 0 aliphatic rings. The maximum Gasteiger partial charge on any atom is 0.266 e. The van der Waals surface area contributed by atoms with E-state index in [9.17, 15) is 9.59 Å². The highest BCUT2D eigenvalue weighted by Gasteiger charge is 2.16. The summed E-state index contributed by atoms with van der Waals surface area (Å²) < 4.78 is 1.58. The van der Waals surface area contributed by atoms with Gasteiger partial charge in [-0.3, -0.25) is 14.2 Å². The van der Waals surface area contributed by atoms with E-state index in [0.717, 1.165) is 16.8 Å². The van der Waals surface area contributed by atoms with Crippen molar-refractivity contribution in [3.8, 4) is 5.69 Å². The van der Waals surface area contributed by atoms with Gasteiger partial charge in [-0.15, -0.1) is 0 Å². The van der Waals surface area contributed by atoms with Crippen LogP contribution < -0.4 is 10.9 Å². The lowest BCUT2D eigenvalue weighted by Gasteiger charge is -2.15. The fourth-order valence-corrected chi connectivity index (χ4v) is 4.48. The molecule has 0 aliphatic carbocycles. The number of halogens is 2. The van der Waals surface area contributed by atoms with Crippen LogP contribution in [0.4, 0.5) is 5.69 Å². The number of anilines is 1. The minimum Gasteiger partial charge on any atom is -0.325 e. The third-order valence-corrected chi connectivity index (χ3v) is 6.55. The van der Waals surface area contributed by atoms with Crippen LogP contribution in [-0.2, 0) is 4.79 Å². The van der Waals surface area contributed by atoms with E-state index in [1.165, 1.54) is 11.8 Å². The highest BCUT2D eigenvalue weighted by atomic mass is 35.5. The molecule has 0 spiro atoms. The Kier molecular flexibility index (Phi) is 6.55. The summed E-state index contributed by atoms with van der Waals surface area (Å²) >= 11 is 13.2. The van der Waals surface area contributed by atoms with Crippen LogP contribution in [0.1, 0.15) is 11.1 Å². The van der Waals surface area contributed by atoms with E-state index < -0.39 is 0 Å². The van der Waals surface area contributed by atoms with Crippen LogP contribution in [0, 0.1) is 13.8 Å². The summed E-state index contributed by atoms with van der Waals surface area (Å²) in [7, 11) is 0. The number of aromatic nitrogens is 2. The minimum atomic E-state index is -0.247. The molecule has 0 saturated carbocycles. The van der Waals surface area contributed by atoms with Gasteiger partial charge in [0.1, 0.15) is 0 Å². The Hall–Kier alpha value is -2.80. The number of aryl methyl sites for hydroxylation is 2. The van der Waals surface area contributed by atoms with Crippen molar-refractivity contribution in [2.45, 2.75) is 19.0 Å². The molecule has 5 nitrogen and oxygen atoms in total. The van der Waals surface area contributed by atoms with Crippen LogP contribution in [0.25, 0.3) is 16.6 Å². The summed E-state index contributed by atoms with van der Waals surface area (Å²) in [6, 6.07) is 18.0. The Labute approximate surface area is 199 Å². The smallest absolute Gasteiger partial charge is 0.266 e. The molecule has 0 unspecified atom stereocenters. The fraction of sp³-hybridized carbons (Fsp3) is 0.125. The quantitative estimate of drug-likeness (QED) is 0.277. The zero-order chi connectivity index (χ0) is 22.8. The second-order valence-electron chi connectivity index (χ2n) is 7.31. The van der Waals surface area contributed by atoms with Gasteiger partial charge in [0.25, 0.3) is 5.56 Å². The number of thioether (sulfide) groups is 1. The minimum absolute atomic E-state index is 0.0654. The Bertz CT molecular complexity index is 1400. The third-order valence-electron chi connectivity index (χ3n) is 4.87. The summed E-state index contributed by atoms with van der Waals surface area (Å²) in [5, 5.41) is 4.54. The molecule has 162 valence electrons. The van der Waals surface area contributed by atoms with E-state index in [4.69, 9.17) is 23.2 Å². The molecule has 3 aromatic carbocycles. The number of hydrogen-bond acceptors (Lipinski definition) is 4. The Balaban J connectivity index is 1.68. The highest BCUT2D eigenvalue weighted by Crippen LogP contribution is 2.26. The van der Waals surface area contributed by atoms with Crippen molar-refractivity contribution in [2.75, 3.05) is 11.1 Å². The lowest BCUT2D eigenvalue weighted by molar-refractivity contribution is -0.113. The average Bonchev–Trinajstić information content (AvgIpc) is 2.76. The number of benzene rings is 3. The Morgan fingerprint density at radius 1 is 1.03 bits per heavy atom. The zero-order valence-electron chi connectivity index (χ0n) is 17.4. The van der Waals surface area contributed by atoms with Gasteiger partial charge in [-0.2, -0.15) is 0 Å². The van der Waals surface area contributed by atoms with Crippen molar-refractivity contribution in [2.24, 2.45) is 0 Å². The largest absolute Gasteiger partial charge is 0.325 e. The van der Waals surface area contributed by atoms with Crippen LogP contribution in [0.5, 0.6) is 0 Å². The van der Waals surface area contributed by atoms with Gasteiger partial charge >= 0.3 is 0 Å². The molecular formula is C24H19Cl2N3O2S. The molecule has 0 aliphatic heterocycles. The van der Waals surface area contributed by atoms with Gasteiger partial charge < -0.3 is 5.32 Å². The second kappa shape index (κ2) is 9.36. The number of nitrogens with one attached hydrogen (secondary N) is 1. The van der Waals surface area contributed by atoms with Gasteiger partial charge in [-0.25, -0.2) is 4.98 Å². The van der Waals surface area contributed by atoms with E-state index in [1.54, 1.807) is 34.9 Å². The summed E-state index contributed by atoms with van der Waals surface area (Å²) in [5.74, 6) is -0.182. The number of rotatable bonds is 5. The Morgan fingerprint density at radius 2 is 1.81 bits per heavy atom. The van der Waals surface area contributed by atoms with E-state index in [1.807, 2.05) is 44.2 Å². The van der Waals surface area contributed by atoms with Crippen molar-refractivity contribution < 1.29 is 4.79 Å². The van der Waals surface area contributed by atoms with Gasteiger partial charge in [-0.05, 0) is 55.8 Å². The molecular weight excluding hydrogens is 465 g/mol. The number of fused-ring (bicyclic) bond motifs is 1. The molecule has 0 bridgehead atoms. The maximum atomic E-state index is 13.4. The SMILES string of the molecule is Cc1ccc(-n2c(SCC(=O)Nc3ccc(Cl)c(Cl)c3)nc3ccccc3c2=O)c(C)c1. The average molecular weight is 484 g/mol. The van der Waals surface area contributed by atoms with Gasteiger partial charge in [0, 0.05) is 5.69 Å². The molecule has 0 fully saturated rings. The molecule has 1 amide bonds. The summed E-state index contributed by atoms with van der Waals surface area (Å²) in [6.45, 7) is 3.95. The first-order valence-corrected chi connectivity index (χ1v) is 11.5. The molecule has 4 aromatic rings. The predicted molar refractivity (Wildman–Crippen MR) is 133 cm³/mol. The topological polar surface area (TPSA) is 64.0 Å². The highest BCUT2D eigenvalue weighted by molar-refractivity contribution is 7.99. The van der Waals surface area contributed by atoms with Gasteiger partial charge in [-0.1, -0.05) is 64.8 Å². The first kappa shape index (κ1) is 22.4. The molecule has 0 radical (unpaired) electrons. The first-order valence-electron chi connectivity index (χ1n) is 9.80. The van der Waals surface area contributed by atoms with E-state index in [-0.39, 0.29) is 17.2 Å². The van der Waals surface area contributed by atoms with Crippen LogP contribution in [-0.4, -0.2) is 21.2 Å². The fourth-order valence-electron chi connectivity index (χ4n) is 3.38. The number of carbonyl (C=O) groups is 1. The van der Waals surface area contributed by atoms with Crippen LogP contribution in [0.2, 0.25) is 10.0 Å². The lowest BCUT2D eigenvalue weighted by Crippen LogP contribution is -2.23. The Morgan fingerprint density at radius 3 is 2.56 bits per heavy atom. The lowest BCUT2D eigenvalue weighted by atomic mass is 10.1. The maximum absolute atomic E-state index is 13.4. The molecule has 0 saturated heterocycles. The number of para-hydroxylation sites is 1. The van der Waals surface area contributed by atoms with E-state index in [2.05, 4.69) is 10.3 Å². The molecule has 0 atom stereocenters. The third kappa shape index (κ3) is 4.67. The van der Waals surface area contributed by atoms with Crippen LogP contribution in [0.3, 0.4) is 0 Å². The summed E-state index contributed by atoms with van der Waals surface area (Å²) in [4.78, 5) is 30.6. The van der Waals surface area contributed by atoms with Crippen LogP contribution >= 0.6 is 35.0 Å². The summed E-state index contributed by atoms with van der Waals surface area (Å²) in [5.41, 5.74) is 3.75. The molecule has 1 aromatic heterocycles. The molecule has 1 N–H and O–H groups in total. The zero-order valence-corrected chi connectivity index (χ0v) is 19.7. The van der Waals surface area contributed by atoms with E-state index >= 15 is 0 Å². The number of hydrogen-bond donors (Lipinski definition) is 1. The number of amides is 1. The van der Waals surface area contributed by atoms with Crippen molar-refractivity contribution in [1.82, 2.24) is 9.55 Å². The van der Waals surface area contributed by atoms with Crippen LogP contribution in [0.15, 0.2) is 70.6 Å². The first-order chi connectivity index (χ1) is 15.3. The van der Waals surface area contributed by atoms with Crippen molar-refractivity contribution in [1.29, 1.82) is 0 Å². The number of nitrogens with zero attached hydrogens (tertiary/aromatic N) is 2. The molecule has 32 heavy (non-hydrogen) atoms. The van der Waals surface area contributed by atoms with E-state index in [0.29, 0.717) is 31.8 Å². The van der Waals surface area contributed by atoms with Crippen molar-refractivity contribution in [3.63, 3.8) is 0 Å². The standard InChI is InChI=1S/C24H19Cl2N3O2S/c1-14-7-10-21(15(2)11-14)29-23(31)17-5-3-4-6-20(17)28-24(29)32-13-22(30)27-16-8-9-18(25)19(26)12-16/h3-12H,13H2,1-2H3,(H,27,30). The normalized spacial score (nSPS) is 11.0. The molecule has 1 heterocycles. The number of carbonyl (C=O) groups excluding carboxylic acids is 1. The van der Waals surface area contributed by atoms with Gasteiger partial charge in [0.05, 0.1) is 32.4 Å². The molecule has 4 rings (SSSR count). The monoisotopic (exact) mass is 483 g/mol.